The Hall–Kier alpha value is -0.450. The van der Waals surface area contributed by atoms with Crippen LogP contribution in [-0.2, 0) is 0 Å². The Labute approximate surface area is 132 Å². The number of halogens is 6. The number of rotatable bonds is 1. The van der Waals surface area contributed by atoms with Crippen LogP contribution in [0.1, 0.15) is 0 Å². The van der Waals surface area contributed by atoms with Crippen LogP contribution in [0.3, 0.4) is 0 Å². The maximum Gasteiger partial charge on any atom is 0.256 e. The molecule has 0 aliphatic heterocycles. The highest BCUT2D eigenvalue weighted by Gasteiger charge is 2.22. The lowest BCUT2D eigenvalue weighted by molar-refractivity contribution is 0.621. The van der Waals surface area contributed by atoms with Crippen molar-refractivity contribution in [1.29, 1.82) is 0 Å². The Kier molecular flexibility index (Phi) is 4.33. The van der Waals surface area contributed by atoms with Crippen LogP contribution < -0.4 is 5.56 Å². The Balaban J connectivity index is 2.91. The maximum atomic E-state index is 13.2. The fourth-order valence-corrected chi connectivity index (χ4v) is 2.83. The molecule has 0 aliphatic carbocycles. The standard InChI is InChI=1S/C11H3Cl5FNO/c12-6-5(4-1-3(17)2-18-11(4)19)7(13)9(15)10(16)8(6)14/h1-2H,(H,18,19). The van der Waals surface area contributed by atoms with Gasteiger partial charge in [0.25, 0.3) is 5.56 Å². The van der Waals surface area contributed by atoms with Gasteiger partial charge in [0.2, 0.25) is 0 Å². The van der Waals surface area contributed by atoms with Crippen LogP contribution in [-0.4, -0.2) is 4.98 Å². The van der Waals surface area contributed by atoms with Crippen LogP contribution in [0, 0.1) is 5.82 Å². The lowest BCUT2D eigenvalue weighted by Crippen LogP contribution is -2.09. The van der Waals surface area contributed by atoms with Crippen LogP contribution >= 0.6 is 58.0 Å². The molecule has 0 radical (unpaired) electrons. The van der Waals surface area contributed by atoms with Crippen molar-refractivity contribution in [2.45, 2.75) is 0 Å². The first kappa shape index (κ1) is 14.9. The summed E-state index contributed by atoms with van der Waals surface area (Å²) in [5.74, 6) is -0.663. The van der Waals surface area contributed by atoms with E-state index in [4.69, 9.17) is 58.0 Å². The molecular formula is C11H3Cl5FNO. The van der Waals surface area contributed by atoms with Crippen molar-refractivity contribution >= 4 is 58.0 Å². The van der Waals surface area contributed by atoms with Gasteiger partial charge < -0.3 is 4.98 Å². The molecule has 0 saturated carbocycles. The highest BCUT2D eigenvalue weighted by molar-refractivity contribution is 6.56. The van der Waals surface area contributed by atoms with Crippen LogP contribution in [0.2, 0.25) is 25.1 Å². The summed E-state index contributed by atoms with van der Waals surface area (Å²) in [7, 11) is 0. The minimum Gasteiger partial charge on any atom is -0.326 e. The van der Waals surface area contributed by atoms with Gasteiger partial charge >= 0.3 is 0 Å². The number of H-pyrrole nitrogens is 1. The van der Waals surface area contributed by atoms with E-state index in [-0.39, 0.29) is 36.2 Å². The van der Waals surface area contributed by atoms with Crippen LogP contribution in [0.5, 0.6) is 0 Å². The molecule has 0 bridgehead atoms. The summed E-state index contributed by atoms with van der Waals surface area (Å²) in [5, 5.41) is -0.294. The van der Waals surface area contributed by atoms with Gasteiger partial charge in [-0.1, -0.05) is 58.0 Å². The van der Waals surface area contributed by atoms with Gasteiger partial charge in [-0.05, 0) is 6.07 Å². The summed E-state index contributed by atoms with van der Waals surface area (Å²) < 4.78 is 13.2. The van der Waals surface area contributed by atoms with E-state index in [1.54, 1.807) is 0 Å². The highest BCUT2D eigenvalue weighted by atomic mass is 35.5. The minimum atomic E-state index is -0.663. The van der Waals surface area contributed by atoms with Gasteiger partial charge in [-0.2, -0.15) is 0 Å². The summed E-state index contributed by atoms with van der Waals surface area (Å²) in [4.78, 5) is 13.9. The van der Waals surface area contributed by atoms with Crippen LogP contribution in [0.4, 0.5) is 4.39 Å². The second kappa shape index (κ2) is 5.51. The number of hydrogen-bond acceptors (Lipinski definition) is 1. The molecule has 8 heteroatoms. The Bertz CT molecular complexity index is 699. The van der Waals surface area contributed by atoms with E-state index >= 15 is 0 Å². The molecule has 0 fully saturated rings. The first-order chi connectivity index (χ1) is 8.84. The molecule has 2 rings (SSSR count). The van der Waals surface area contributed by atoms with Gasteiger partial charge in [0.1, 0.15) is 5.82 Å². The number of hydrogen-bond donors (Lipinski definition) is 1. The van der Waals surface area contributed by atoms with Crippen molar-refractivity contribution in [2.75, 3.05) is 0 Å². The second-order valence-corrected chi connectivity index (χ2v) is 5.40. The topological polar surface area (TPSA) is 32.9 Å². The van der Waals surface area contributed by atoms with Gasteiger partial charge in [0.15, 0.2) is 0 Å². The van der Waals surface area contributed by atoms with Crippen LogP contribution in [0.15, 0.2) is 17.1 Å². The van der Waals surface area contributed by atoms with E-state index in [0.29, 0.717) is 0 Å². The average Bonchev–Trinajstić information content (AvgIpc) is 2.38. The first-order valence-electron chi connectivity index (χ1n) is 4.74. The van der Waals surface area contributed by atoms with Crippen molar-refractivity contribution in [3.63, 3.8) is 0 Å². The molecule has 0 atom stereocenters. The molecule has 0 unspecified atom stereocenters. The smallest absolute Gasteiger partial charge is 0.256 e. The number of pyridine rings is 1. The molecule has 0 spiro atoms. The van der Waals surface area contributed by atoms with E-state index in [2.05, 4.69) is 4.98 Å². The Morgan fingerprint density at radius 3 is 1.89 bits per heavy atom. The molecule has 1 heterocycles. The maximum absolute atomic E-state index is 13.2. The molecule has 2 nitrogen and oxygen atoms in total. The van der Waals surface area contributed by atoms with Crippen molar-refractivity contribution in [3.05, 3.63) is 53.5 Å². The third-order valence-electron chi connectivity index (χ3n) is 2.35. The molecule has 1 aromatic heterocycles. The summed E-state index contributed by atoms with van der Waals surface area (Å²) >= 11 is 29.6. The molecule has 19 heavy (non-hydrogen) atoms. The summed E-state index contributed by atoms with van der Waals surface area (Å²) in [6, 6.07) is 0.979. The minimum absolute atomic E-state index is 0.0310. The van der Waals surface area contributed by atoms with E-state index in [1.807, 2.05) is 0 Å². The number of aromatic nitrogens is 1. The van der Waals surface area contributed by atoms with Gasteiger partial charge in [-0.15, -0.1) is 0 Å². The van der Waals surface area contributed by atoms with E-state index in [1.165, 1.54) is 0 Å². The number of benzene rings is 1. The predicted octanol–water partition coefficient (Wildman–Crippen LogP) is 5.45. The van der Waals surface area contributed by atoms with Gasteiger partial charge in [-0.25, -0.2) is 4.39 Å². The SMILES string of the molecule is O=c1[nH]cc(F)cc1-c1c(Cl)c(Cl)c(Cl)c(Cl)c1Cl. The van der Waals surface area contributed by atoms with Crippen molar-refractivity contribution in [2.24, 2.45) is 0 Å². The van der Waals surface area contributed by atoms with E-state index in [0.717, 1.165) is 12.3 Å². The molecule has 1 aromatic carbocycles. The fraction of sp³-hybridized carbons (Fsp3) is 0. The summed E-state index contributed by atoms with van der Waals surface area (Å²) in [5.41, 5.74) is -0.640. The molecule has 100 valence electrons. The number of nitrogens with one attached hydrogen (secondary N) is 1. The third-order valence-corrected chi connectivity index (χ3v) is 4.62. The Morgan fingerprint density at radius 1 is 0.895 bits per heavy atom. The van der Waals surface area contributed by atoms with E-state index < -0.39 is 11.4 Å². The zero-order valence-electron chi connectivity index (χ0n) is 8.83. The molecule has 0 amide bonds. The molecule has 0 aliphatic rings. The third kappa shape index (κ3) is 2.58. The summed E-state index contributed by atoms with van der Waals surface area (Å²) in [6.07, 6.45) is 0.909. The molecule has 2 aromatic rings. The first-order valence-corrected chi connectivity index (χ1v) is 6.63. The van der Waals surface area contributed by atoms with Crippen molar-refractivity contribution in [1.82, 2.24) is 4.98 Å². The monoisotopic (exact) mass is 359 g/mol. The quantitative estimate of drug-likeness (QED) is 0.532. The van der Waals surface area contributed by atoms with Crippen LogP contribution in [0.25, 0.3) is 11.1 Å². The average molecular weight is 361 g/mol. The van der Waals surface area contributed by atoms with Gasteiger partial charge in [0, 0.05) is 11.8 Å². The molecular weight excluding hydrogens is 358 g/mol. The zero-order chi connectivity index (χ0) is 14.3. The zero-order valence-corrected chi connectivity index (χ0v) is 12.6. The lowest BCUT2D eigenvalue weighted by atomic mass is 10.1. The molecule has 1 N–H and O–H groups in total. The van der Waals surface area contributed by atoms with E-state index in [9.17, 15) is 9.18 Å². The van der Waals surface area contributed by atoms with Crippen molar-refractivity contribution in [3.8, 4) is 11.1 Å². The van der Waals surface area contributed by atoms with Crippen molar-refractivity contribution < 1.29 is 4.39 Å². The van der Waals surface area contributed by atoms with Gasteiger partial charge in [0.05, 0.1) is 30.7 Å². The normalized spacial score (nSPS) is 10.8. The highest BCUT2D eigenvalue weighted by Crippen LogP contribution is 2.47. The van der Waals surface area contributed by atoms with Gasteiger partial charge in [-0.3, -0.25) is 4.79 Å². The predicted molar refractivity (Wildman–Crippen MR) is 77.5 cm³/mol. The fourth-order valence-electron chi connectivity index (χ4n) is 1.48. The largest absolute Gasteiger partial charge is 0.326 e. The molecule has 0 saturated heterocycles. The number of aromatic amines is 1. The second-order valence-electron chi connectivity index (χ2n) is 3.51. The lowest BCUT2D eigenvalue weighted by Gasteiger charge is -2.11. The Morgan fingerprint density at radius 2 is 1.37 bits per heavy atom. The summed E-state index contributed by atoms with van der Waals surface area (Å²) in [6.45, 7) is 0.